The number of carboxylic acid groups (broad SMARTS) is 1. The van der Waals surface area contributed by atoms with Gasteiger partial charge >= 0.3 is 5.97 Å². The van der Waals surface area contributed by atoms with E-state index in [0.717, 1.165) is 0 Å². The molecule has 0 saturated carbocycles. The number of carboxylic acids is 1. The van der Waals surface area contributed by atoms with Gasteiger partial charge in [0.05, 0.1) is 12.1 Å². The van der Waals surface area contributed by atoms with Gasteiger partial charge in [0, 0.05) is 11.9 Å². The Kier molecular flexibility index (Phi) is 2.47. The molecule has 66 valence electrons. The average molecular weight is 171 g/mol. The van der Waals surface area contributed by atoms with Gasteiger partial charge in [-0.1, -0.05) is 0 Å². The van der Waals surface area contributed by atoms with E-state index in [4.69, 9.17) is 5.11 Å². The van der Waals surface area contributed by atoms with Crippen molar-refractivity contribution in [2.45, 2.75) is 13.5 Å². The van der Waals surface area contributed by atoms with E-state index in [1.54, 1.807) is 17.7 Å². The van der Waals surface area contributed by atoms with E-state index >= 15 is 0 Å². The molecule has 1 N–H and O–H groups in total. The topological polar surface area (TPSA) is 42.2 Å². The second-order valence-electron chi connectivity index (χ2n) is 2.50. The van der Waals surface area contributed by atoms with Gasteiger partial charge in [-0.15, -0.1) is 0 Å². The first-order chi connectivity index (χ1) is 5.66. The Morgan fingerprint density at radius 2 is 2.42 bits per heavy atom. The number of hydrogen-bond donors (Lipinski definition) is 1. The van der Waals surface area contributed by atoms with E-state index in [2.05, 4.69) is 0 Å². The fourth-order valence-electron chi connectivity index (χ4n) is 1.11. The van der Waals surface area contributed by atoms with Crippen LogP contribution in [-0.4, -0.2) is 22.3 Å². The lowest BCUT2D eigenvalue weighted by atomic mass is 10.2. The van der Waals surface area contributed by atoms with Gasteiger partial charge in [-0.25, -0.2) is 9.18 Å². The van der Waals surface area contributed by atoms with Gasteiger partial charge in [0.15, 0.2) is 0 Å². The molecule has 12 heavy (non-hydrogen) atoms. The quantitative estimate of drug-likeness (QED) is 0.748. The third-order valence-electron chi connectivity index (χ3n) is 1.80. The van der Waals surface area contributed by atoms with Crippen molar-refractivity contribution < 1.29 is 14.3 Å². The van der Waals surface area contributed by atoms with E-state index in [1.807, 2.05) is 0 Å². The van der Waals surface area contributed by atoms with Gasteiger partial charge in [0.1, 0.15) is 6.67 Å². The summed E-state index contributed by atoms with van der Waals surface area (Å²) in [6.45, 7) is 1.41. The highest BCUT2D eigenvalue weighted by molar-refractivity contribution is 5.88. The number of aryl methyl sites for hydroxylation is 1. The standard InChI is InChI=1S/C8H10FNO2/c1-6-7(8(11)12)2-4-10(6)5-3-9/h2,4H,3,5H2,1H3,(H,11,12). The van der Waals surface area contributed by atoms with E-state index in [0.29, 0.717) is 5.69 Å². The van der Waals surface area contributed by atoms with Gasteiger partial charge in [-0.2, -0.15) is 0 Å². The molecule has 0 saturated heterocycles. The van der Waals surface area contributed by atoms with Crippen LogP contribution < -0.4 is 0 Å². The van der Waals surface area contributed by atoms with Crippen molar-refractivity contribution in [3.05, 3.63) is 23.5 Å². The summed E-state index contributed by atoms with van der Waals surface area (Å²) in [5.41, 5.74) is 0.837. The van der Waals surface area contributed by atoms with Crippen LogP contribution in [0, 0.1) is 6.92 Å². The van der Waals surface area contributed by atoms with Crippen molar-refractivity contribution in [2.24, 2.45) is 0 Å². The number of alkyl halides is 1. The molecule has 1 aromatic rings. The molecule has 1 heterocycles. The summed E-state index contributed by atoms with van der Waals surface area (Å²) < 4.78 is 13.5. The average Bonchev–Trinajstić information content (AvgIpc) is 2.34. The number of carbonyl (C=O) groups is 1. The third kappa shape index (κ3) is 1.47. The largest absolute Gasteiger partial charge is 0.478 e. The SMILES string of the molecule is Cc1c(C(=O)O)ccn1CCF. The molecular formula is C8H10FNO2. The molecule has 0 atom stereocenters. The van der Waals surface area contributed by atoms with E-state index in [-0.39, 0.29) is 12.1 Å². The fraction of sp³-hybridized carbons (Fsp3) is 0.375. The van der Waals surface area contributed by atoms with E-state index < -0.39 is 12.6 Å². The van der Waals surface area contributed by atoms with Crippen molar-refractivity contribution in [3.8, 4) is 0 Å². The number of aromatic nitrogens is 1. The molecule has 4 heteroatoms. The maximum Gasteiger partial charge on any atom is 0.337 e. The van der Waals surface area contributed by atoms with Crippen LogP contribution in [0.15, 0.2) is 12.3 Å². The lowest BCUT2D eigenvalue weighted by molar-refractivity contribution is 0.0696. The summed E-state index contributed by atoms with van der Waals surface area (Å²) in [6.07, 6.45) is 1.58. The number of nitrogens with zero attached hydrogens (tertiary/aromatic N) is 1. The Morgan fingerprint density at radius 1 is 1.75 bits per heavy atom. The maximum absolute atomic E-state index is 11.9. The molecule has 0 unspecified atom stereocenters. The molecular weight excluding hydrogens is 161 g/mol. The van der Waals surface area contributed by atoms with Crippen LogP contribution in [-0.2, 0) is 6.54 Å². The molecule has 0 fully saturated rings. The molecule has 0 bridgehead atoms. The van der Waals surface area contributed by atoms with Gasteiger partial charge < -0.3 is 9.67 Å². The van der Waals surface area contributed by atoms with Crippen LogP contribution in [0.25, 0.3) is 0 Å². The monoisotopic (exact) mass is 171 g/mol. The first-order valence-corrected chi connectivity index (χ1v) is 3.62. The minimum Gasteiger partial charge on any atom is -0.478 e. The molecule has 0 radical (unpaired) electrons. The number of rotatable bonds is 3. The summed E-state index contributed by atoms with van der Waals surface area (Å²) in [4.78, 5) is 10.5. The highest BCUT2D eigenvalue weighted by atomic mass is 19.1. The van der Waals surface area contributed by atoms with Crippen molar-refractivity contribution in [1.29, 1.82) is 0 Å². The van der Waals surface area contributed by atoms with Crippen LogP contribution >= 0.6 is 0 Å². The highest BCUT2D eigenvalue weighted by Gasteiger charge is 2.10. The lowest BCUT2D eigenvalue weighted by Crippen LogP contribution is -2.03. The van der Waals surface area contributed by atoms with Gasteiger partial charge in [-0.3, -0.25) is 0 Å². The van der Waals surface area contributed by atoms with Crippen LogP contribution in [0.5, 0.6) is 0 Å². The molecule has 0 spiro atoms. The second kappa shape index (κ2) is 3.38. The smallest absolute Gasteiger partial charge is 0.337 e. The molecule has 0 amide bonds. The second-order valence-corrected chi connectivity index (χ2v) is 2.50. The number of hydrogen-bond acceptors (Lipinski definition) is 1. The lowest BCUT2D eigenvalue weighted by Gasteiger charge is -2.01. The van der Waals surface area contributed by atoms with Crippen molar-refractivity contribution in [2.75, 3.05) is 6.67 Å². The summed E-state index contributed by atoms with van der Waals surface area (Å²) in [6, 6.07) is 1.48. The Hall–Kier alpha value is -1.32. The third-order valence-corrected chi connectivity index (χ3v) is 1.80. The molecule has 0 aliphatic rings. The van der Waals surface area contributed by atoms with Crippen LogP contribution in [0.1, 0.15) is 16.1 Å². The van der Waals surface area contributed by atoms with Crippen LogP contribution in [0.3, 0.4) is 0 Å². The predicted octanol–water partition coefficient (Wildman–Crippen LogP) is 1.46. The van der Waals surface area contributed by atoms with Gasteiger partial charge in [-0.05, 0) is 13.0 Å². The number of aromatic carboxylic acids is 1. The Morgan fingerprint density at radius 3 is 2.83 bits per heavy atom. The summed E-state index contributed by atoms with van der Waals surface area (Å²) >= 11 is 0. The van der Waals surface area contributed by atoms with Crippen molar-refractivity contribution >= 4 is 5.97 Å². The molecule has 0 aromatic carbocycles. The Labute approximate surface area is 69.4 Å². The molecule has 1 aromatic heterocycles. The highest BCUT2D eigenvalue weighted by Crippen LogP contribution is 2.09. The Balaban J connectivity index is 2.96. The predicted molar refractivity (Wildman–Crippen MR) is 42.1 cm³/mol. The first kappa shape index (κ1) is 8.77. The summed E-state index contributed by atoms with van der Waals surface area (Å²) in [7, 11) is 0. The maximum atomic E-state index is 11.9. The van der Waals surface area contributed by atoms with Gasteiger partial charge in [0.2, 0.25) is 0 Å². The van der Waals surface area contributed by atoms with E-state index in [9.17, 15) is 9.18 Å². The fourth-order valence-corrected chi connectivity index (χ4v) is 1.11. The summed E-state index contributed by atoms with van der Waals surface area (Å²) in [5.74, 6) is -0.967. The zero-order valence-electron chi connectivity index (χ0n) is 6.75. The first-order valence-electron chi connectivity index (χ1n) is 3.62. The minimum absolute atomic E-state index is 0.221. The zero-order chi connectivity index (χ0) is 9.14. The normalized spacial score (nSPS) is 10.2. The molecule has 1 rings (SSSR count). The molecule has 3 nitrogen and oxygen atoms in total. The van der Waals surface area contributed by atoms with Crippen LogP contribution in [0.2, 0.25) is 0 Å². The summed E-state index contributed by atoms with van der Waals surface area (Å²) in [5, 5.41) is 8.64. The zero-order valence-corrected chi connectivity index (χ0v) is 6.75. The Bertz CT molecular complexity index is 293. The number of halogens is 1. The minimum atomic E-state index is -0.967. The molecule has 0 aliphatic heterocycles. The van der Waals surface area contributed by atoms with Crippen molar-refractivity contribution in [1.82, 2.24) is 4.57 Å². The van der Waals surface area contributed by atoms with E-state index in [1.165, 1.54) is 6.07 Å². The van der Waals surface area contributed by atoms with Gasteiger partial charge in [0.25, 0.3) is 0 Å². The van der Waals surface area contributed by atoms with Crippen molar-refractivity contribution in [3.63, 3.8) is 0 Å². The van der Waals surface area contributed by atoms with Crippen LogP contribution in [0.4, 0.5) is 4.39 Å². The molecule has 0 aliphatic carbocycles.